The van der Waals surface area contributed by atoms with Gasteiger partial charge in [-0.25, -0.2) is 0 Å². The van der Waals surface area contributed by atoms with E-state index in [-0.39, 0.29) is 0 Å². The topological polar surface area (TPSA) is 21.3 Å². The molecule has 2 nitrogen and oxygen atoms in total. The molecule has 0 aromatic rings. The third-order valence-corrected chi connectivity index (χ3v) is 6.91. The van der Waals surface area contributed by atoms with Crippen molar-refractivity contribution in [2.45, 2.75) is 90.9 Å². The van der Waals surface area contributed by atoms with Gasteiger partial charge in [0.05, 0.1) is 12.2 Å². The highest BCUT2D eigenvalue weighted by molar-refractivity contribution is 5.11. The zero-order chi connectivity index (χ0) is 14.4. The zero-order valence-corrected chi connectivity index (χ0v) is 13.9. The highest BCUT2D eigenvalue weighted by Crippen LogP contribution is 2.66. The molecular weight excluding hydrogens is 246 g/mol. The van der Waals surface area contributed by atoms with E-state index in [1.54, 1.807) is 0 Å². The largest absolute Gasteiger partial charge is 0.375 e. The van der Waals surface area contributed by atoms with E-state index < -0.39 is 0 Å². The summed E-state index contributed by atoms with van der Waals surface area (Å²) in [5, 5.41) is 3.60. The van der Waals surface area contributed by atoms with Gasteiger partial charge < -0.3 is 10.1 Å². The molecule has 2 bridgehead atoms. The Hall–Kier alpha value is -0.0800. The second kappa shape index (κ2) is 5.28. The van der Waals surface area contributed by atoms with Gasteiger partial charge in [0.15, 0.2) is 0 Å². The molecule has 3 aliphatic rings. The predicted octanol–water partition coefficient (Wildman–Crippen LogP) is 4.14. The molecule has 3 rings (SSSR count). The average Bonchev–Trinajstić information content (AvgIpc) is 3.15. The smallest absolute Gasteiger partial charge is 0.0640 e. The minimum atomic E-state index is 0.415. The summed E-state index contributed by atoms with van der Waals surface area (Å²) in [5.41, 5.74) is 0.892. The molecule has 1 N–H and O–H groups in total. The standard InChI is InChI=1S/C18H33NO/c1-13(6-5-11-19-15-7-8-15)20-16-12-14-9-10-18(16,4)17(14,2)3/h13-16,19H,5-12H2,1-4H3. The fourth-order valence-corrected chi connectivity index (χ4v) is 4.67. The first-order valence-corrected chi connectivity index (χ1v) is 8.82. The summed E-state index contributed by atoms with van der Waals surface area (Å²) in [4.78, 5) is 0. The number of hydrogen-bond acceptors (Lipinski definition) is 2. The minimum absolute atomic E-state index is 0.415. The molecule has 2 heteroatoms. The summed E-state index contributed by atoms with van der Waals surface area (Å²) in [5.74, 6) is 0.890. The molecule has 0 radical (unpaired) electrons. The van der Waals surface area contributed by atoms with Crippen molar-refractivity contribution < 1.29 is 4.74 Å². The fourth-order valence-electron chi connectivity index (χ4n) is 4.67. The number of fused-ring (bicyclic) bond motifs is 2. The first-order valence-electron chi connectivity index (χ1n) is 8.82. The van der Waals surface area contributed by atoms with Crippen molar-refractivity contribution in [1.82, 2.24) is 5.32 Å². The molecule has 0 amide bonds. The average molecular weight is 279 g/mol. The quantitative estimate of drug-likeness (QED) is 0.707. The Labute approximate surface area is 125 Å². The molecule has 0 spiro atoms. The lowest BCUT2D eigenvalue weighted by Gasteiger charge is -2.40. The number of rotatable bonds is 7. The van der Waals surface area contributed by atoms with Gasteiger partial charge in [-0.05, 0) is 75.2 Å². The third-order valence-electron chi connectivity index (χ3n) is 6.91. The Morgan fingerprint density at radius 1 is 1.20 bits per heavy atom. The first kappa shape index (κ1) is 14.8. The summed E-state index contributed by atoms with van der Waals surface area (Å²) < 4.78 is 6.48. The van der Waals surface area contributed by atoms with Crippen LogP contribution in [0.15, 0.2) is 0 Å². The second-order valence-electron chi connectivity index (χ2n) is 8.42. The molecule has 0 heterocycles. The highest BCUT2D eigenvalue weighted by atomic mass is 16.5. The Kier molecular flexibility index (Phi) is 3.92. The summed E-state index contributed by atoms with van der Waals surface area (Å²) in [6.45, 7) is 10.9. The zero-order valence-electron chi connectivity index (χ0n) is 13.9. The van der Waals surface area contributed by atoms with Crippen LogP contribution in [0, 0.1) is 16.7 Å². The van der Waals surface area contributed by atoms with Crippen LogP contribution in [-0.4, -0.2) is 24.8 Å². The van der Waals surface area contributed by atoms with Gasteiger partial charge in [0.2, 0.25) is 0 Å². The lowest BCUT2D eigenvalue weighted by molar-refractivity contribution is -0.0826. The van der Waals surface area contributed by atoms with Crippen LogP contribution in [-0.2, 0) is 4.74 Å². The van der Waals surface area contributed by atoms with Crippen molar-refractivity contribution in [1.29, 1.82) is 0 Å². The van der Waals surface area contributed by atoms with Crippen LogP contribution < -0.4 is 5.32 Å². The molecule has 4 unspecified atom stereocenters. The predicted molar refractivity (Wildman–Crippen MR) is 83.8 cm³/mol. The van der Waals surface area contributed by atoms with E-state index in [1.165, 1.54) is 51.5 Å². The Morgan fingerprint density at radius 3 is 2.50 bits per heavy atom. The van der Waals surface area contributed by atoms with Crippen molar-refractivity contribution >= 4 is 0 Å². The summed E-state index contributed by atoms with van der Waals surface area (Å²) in [6, 6.07) is 0.844. The molecule has 3 fully saturated rings. The SMILES string of the molecule is CC(CCCNC1CC1)OC1CC2CCC1(C)C2(C)C. The van der Waals surface area contributed by atoms with Gasteiger partial charge in [0.25, 0.3) is 0 Å². The van der Waals surface area contributed by atoms with Crippen LogP contribution in [0.25, 0.3) is 0 Å². The molecule has 0 aliphatic heterocycles. The lowest BCUT2D eigenvalue weighted by Crippen LogP contribution is -2.38. The molecular formula is C18H33NO. The molecule has 116 valence electrons. The summed E-state index contributed by atoms with van der Waals surface area (Å²) >= 11 is 0. The summed E-state index contributed by atoms with van der Waals surface area (Å²) in [6.07, 6.45) is 10.3. The molecule has 4 atom stereocenters. The fraction of sp³-hybridized carbons (Fsp3) is 1.00. The van der Waals surface area contributed by atoms with E-state index in [0.29, 0.717) is 23.0 Å². The Bertz CT molecular complexity index is 349. The second-order valence-corrected chi connectivity index (χ2v) is 8.42. The van der Waals surface area contributed by atoms with Crippen LogP contribution in [0.1, 0.15) is 72.6 Å². The van der Waals surface area contributed by atoms with Gasteiger partial charge >= 0.3 is 0 Å². The Morgan fingerprint density at radius 2 is 1.95 bits per heavy atom. The Balaban J connectivity index is 1.43. The van der Waals surface area contributed by atoms with Gasteiger partial charge in [-0.15, -0.1) is 0 Å². The van der Waals surface area contributed by atoms with Crippen LogP contribution >= 0.6 is 0 Å². The molecule has 0 aromatic heterocycles. The third kappa shape index (κ3) is 2.54. The number of nitrogens with one attached hydrogen (secondary N) is 1. The van der Waals surface area contributed by atoms with Gasteiger partial charge in [-0.3, -0.25) is 0 Å². The van der Waals surface area contributed by atoms with Crippen molar-refractivity contribution in [2.75, 3.05) is 6.54 Å². The lowest BCUT2D eigenvalue weighted by atomic mass is 9.70. The van der Waals surface area contributed by atoms with Gasteiger partial charge in [0, 0.05) is 6.04 Å². The van der Waals surface area contributed by atoms with E-state index in [1.807, 2.05) is 0 Å². The van der Waals surface area contributed by atoms with Crippen LogP contribution in [0.4, 0.5) is 0 Å². The van der Waals surface area contributed by atoms with Crippen molar-refractivity contribution in [3.8, 4) is 0 Å². The molecule has 3 saturated carbocycles. The summed E-state index contributed by atoms with van der Waals surface area (Å²) in [7, 11) is 0. The van der Waals surface area contributed by atoms with Crippen molar-refractivity contribution in [2.24, 2.45) is 16.7 Å². The number of hydrogen-bond donors (Lipinski definition) is 1. The first-order chi connectivity index (χ1) is 9.43. The van der Waals surface area contributed by atoms with Crippen molar-refractivity contribution in [3.63, 3.8) is 0 Å². The van der Waals surface area contributed by atoms with Gasteiger partial charge in [-0.2, -0.15) is 0 Å². The van der Waals surface area contributed by atoms with E-state index in [4.69, 9.17) is 4.74 Å². The molecule has 20 heavy (non-hydrogen) atoms. The normalized spacial score (nSPS) is 40.2. The van der Waals surface area contributed by atoms with E-state index >= 15 is 0 Å². The maximum absolute atomic E-state index is 6.48. The van der Waals surface area contributed by atoms with Crippen LogP contribution in [0.3, 0.4) is 0 Å². The highest BCUT2D eigenvalue weighted by Gasteiger charge is 2.62. The molecule has 3 aliphatic carbocycles. The molecule has 0 aromatic carbocycles. The minimum Gasteiger partial charge on any atom is -0.375 e. The molecule has 0 saturated heterocycles. The van der Waals surface area contributed by atoms with E-state index in [9.17, 15) is 0 Å². The number of ether oxygens (including phenoxy) is 1. The van der Waals surface area contributed by atoms with Gasteiger partial charge in [0.1, 0.15) is 0 Å². The van der Waals surface area contributed by atoms with E-state index in [2.05, 4.69) is 33.0 Å². The van der Waals surface area contributed by atoms with Crippen LogP contribution in [0.2, 0.25) is 0 Å². The van der Waals surface area contributed by atoms with E-state index in [0.717, 1.165) is 12.0 Å². The van der Waals surface area contributed by atoms with Gasteiger partial charge in [-0.1, -0.05) is 20.8 Å². The monoisotopic (exact) mass is 279 g/mol. The van der Waals surface area contributed by atoms with Crippen molar-refractivity contribution in [3.05, 3.63) is 0 Å². The maximum Gasteiger partial charge on any atom is 0.0640 e. The van der Waals surface area contributed by atoms with Crippen LogP contribution in [0.5, 0.6) is 0 Å². The maximum atomic E-state index is 6.48.